The number of rotatable bonds is 4. The van der Waals surface area contributed by atoms with E-state index >= 15 is 0 Å². The molecular formula is C11H15FN2O. The highest BCUT2D eigenvalue weighted by Crippen LogP contribution is 2.08. The van der Waals surface area contributed by atoms with E-state index in [-0.39, 0.29) is 5.82 Å². The fraction of sp³-hybridized carbons (Fsp3) is 0.364. The monoisotopic (exact) mass is 210 g/mol. The molecule has 0 unspecified atom stereocenters. The largest absolute Gasteiger partial charge is 0.384 e. The molecular weight excluding hydrogens is 195 g/mol. The van der Waals surface area contributed by atoms with E-state index in [0.717, 1.165) is 5.56 Å². The van der Waals surface area contributed by atoms with E-state index < -0.39 is 0 Å². The average Bonchev–Trinajstić information content (AvgIpc) is 2.22. The second-order valence-electron chi connectivity index (χ2n) is 3.22. The van der Waals surface area contributed by atoms with Crippen molar-refractivity contribution in [2.24, 2.45) is 10.7 Å². The number of aliphatic imine (C=N–C) groups is 1. The molecule has 0 amide bonds. The van der Waals surface area contributed by atoms with E-state index in [1.165, 1.54) is 6.07 Å². The Kier molecular flexibility index (Phi) is 4.24. The normalized spacial score (nSPS) is 11.8. The Morgan fingerprint density at radius 3 is 2.87 bits per heavy atom. The zero-order valence-electron chi connectivity index (χ0n) is 8.96. The predicted molar refractivity (Wildman–Crippen MR) is 58.6 cm³/mol. The summed E-state index contributed by atoms with van der Waals surface area (Å²) < 4.78 is 17.8. The van der Waals surface area contributed by atoms with E-state index in [1.54, 1.807) is 26.2 Å². The van der Waals surface area contributed by atoms with Crippen LogP contribution in [0.25, 0.3) is 0 Å². The van der Waals surface area contributed by atoms with E-state index in [9.17, 15) is 4.39 Å². The number of hydrogen-bond donors (Lipinski definition) is 1. The number of nitrogens with zero attached hydrogens (tertiary/aromatic N) is 1. The Hall–Kier alpha value is -1.42. The quantitative estimate of drug-likeness (QED) is 0.465. The molecule has 1 aromatic carbocycles. The first-order valence-corrected chi connectivity index (χ1v) is 4.70. The van der Waals surface area contributed by atoms with Gasteiger partial charge in [-0.2, -0.15) is 0 Å². The molecule has 1 aromatic rings. The van der Waals surface area contributed by atoms with E-state index in [1.807, 2.05) is 0 Å². The van der Waals surface area contributed by atoms with Gasteiger partial charge in [-0.25, -0.2) is 4.39 Å². The molecule has 0 aromatic heterocycles. The lowest BCUT2D eigenvalue weighted by Crippen LogP contribution is -2.15. The first-order valence-electron chi connectivity index (χ1n) is 4.70. The van der Waals surface area contributed by atoms with Crippen molar-refractivity contribution in [3.63, 3.8) is 0 Å². The molecule has 82 valence electrons. The number of ether oxygens (including phenoxy) is 1. The van der Waals surface area contributed by atoms with Crippen molar-refractivity contribution in [3.05, 3.63) is 35.1 Å². The second-order valence-corrected chi connectivity index (χ2v) is 3.22. The van der Waals surface area contributed by atoms with Crippen molar-refractivity contribution in [3.8, 4) is 0 Å². The molecule has 0 radical (unpaired) electrons. The third-order valence-electron chi connectivity index (χ3n) is 2.03. The second kappa shape index (κ2) is 5.46. The molecule has 3 nitrogen and oxygen atoms in total. The summed E-state index contributed by atoms with van der Waals surface area (Å²) in [5.74, 6) is 0.179. The van der Waals surface area contributed by atoms with Crippen molar-refractivity contribution in [1.82, 2.24) is 0 Å². The molecule has 0 spiro atoms. The van der Waals surface area contributed by atoms with Gasteiger partial charge in [0.1, 0.15) is 11.7 Å². The van der Waals surface area contributed by atoms with Crippen molar-refractivity contribution >= 4 is 5.84 Å². The van der Waals surface area contributed by atoms with Crippen LogP contribution in [-0.2, 0) is 4.74 Å². The number of aryl methyl sites for hydroxylation is 1. The van der Waals surface area contributed by atoms with Gasteiger partial charge in [0, 0.05) is 12.7 Å². The molecule has 0 heterocycles. The molecule has 0 aliphatic heterocycles. The Morgan fingerprint density at radius 1 is 1.53 bits per heavy atom. The van der Waals surface area contributed by atoms with Crippen LogP contribution in [0.2, 0.25) is 0 Å². The number of nitrogens with two attached hydrogens (primary N) is 1. The highest BCUT2D eigenvalue weighted by atomic mass is 19.1. The highest BCUT2D eigenvalue weighted by Gasteiger charge is 2.01. The summed E-state index contributed by atoms with van der Waals surface area (Å²) >= 11 is 0. The predicted octanol–water partition coefficient (Wildman–Crippen LogP) is 1.49. The van der Waals surface area contributed by atoms with Gasteiger partial charge < -0.3 is 10.5 Å². The third kappa shape index (κ3) is 3.32. The molecule has 0 aliphatic rings. The van der Waals surface area contributed by atoms with Gasteiger partial charge in [-0.1, -0.05) is 0 Å². The van der Waals surface area contributed by atoms with Crippen LogP contribution >= 0.6 is 0 Å². The molecule has 0 saturated heterocycles. The standard InChI is InChI=1S/C11H15FN2O/c1-8-7-9(3-4-10(8)12)11(13)14-5-6-15-2/h3-4,7H,5-6H2,1-2H3,(H2,13,14). The van der Waals surface area contributed by atoms with Crippen LogP contribution in [0.3, 0.4) is 0 Å². The fourth-order valence-corrected chi connectivity index (χ4v) is 1.15. The van der Waals surface area contributed by atoms with Crippen molar-refractivity contribution in [2.45, 2.75) is 6.92 Å². The molecule has 15 heavy (non-hydrogen) atoms. The fourth-order valence-electron chi connectivity index (χ4n) is 1.15. The lowest BCUT2D eigenvalue weighted by Gasteiger charge is -2.03. The molecule has 4 heteroatoms. The third-order valence-corrected chi connectivity index (χ3v) is 2.03. The molecule has 1 rings (SSSR count). The summed E-state index contributed by atoms with van der Waals surface area (Å²) in [6.07, 6.45) is 0. The van der Waals surface area contributed by atoms with Gasteiger partial charge in [0.05, 0.1) is 13.2 Å². The Balaban J connectivity index is 2.77. The summed E-state index contributed by atoms with van der Waals surface area (Å²) in [5.41, 5.74) is 7.03. The summed E-state index contributed by atoms with van der Waals surface area (Å²) in [4.78, 5) is 4.10. The van der Waals surface area contributed by atoms with E-state index in [4.69, 9.17) is 10.5 Å². The number of hydrogen-bond acceptors (Lipinski definition) is 2. The maximum atomic E-state index is 13.0. The lowest BCUT2D eigenvalue weighted by atomic mass is 10.1. The van der Waals surface area contributed by atoms with Crippen LogP contribution in [0.15, 0.2) is 23.2 Å². The summed E-state index contributed by atoms with van der Waals surface area (Å²) in [6.45, 7) is 2.74. The zero-order valence-corrected chi connectivity index (χ0v) is 8.96. The van der Waals surface area contributed by atoms with Gasteiger partial charge in [0.15, 0.2) is 0 Å². The number of benzene rings is 1. The van der Waals surface area contributed by atoms with Gasteiger partial charge in [0.25, 0.3) is 0 Å². The smallest absolute Gasteiger partial charge is 0.126 e. The van der Waals surface area contributed by atoms with Crippen LogP contribution in [0.4, 0.5) is 4.39 Å². The molecule has 0 aliphatic carbocycles. The first kappa shape index (κ1) is 11.7. The van der Waals surface area contributed by atoms with Crippen LogP contribution in [0.1, 0.15) is 11.1 Å². The summed E-state index contributed by atoms with van der Waals surface area (Å²) in [6, 6.07) is 4.69. The van der Waals surface area contributed by atoms with Gasteiger partial charge in [-0.05, 0) is 30.7 Å². The van der Waals surface area contributed by atoms with Crippen LogP contribution in [-0.4, -0.2) is 26.1 Å². The van der Waals surface area contributed by atoms with Gasteiger partial charge in [-0.15, -0.1) is 0 Å². The van der Waals surface area contributed by atoms with Gasteiger partial charge in [-0.3, -0.25) is 4.99 Å². The van der Waals surface area contributed by atoms with Crippen LogP contribution in [0, 0.1) is 12.7 Å². The first-order chi connectivity index (χ1) is 7.15. The molecule has 2 N–H and O–H groups in total. The topological polar surface area (TPSA) is 47.6 Å². The van der Waals surface area contributed by atoms with Crippen molar-refractivity contribution < 1.29 is 9.13 Å². The minimum Gasteiger partial charge on any atom is -0.384 e. The minimum atomic E-state index is -0.233. The maximum Gasteiger partial charge on any atom is 0.126 e. The molecule has 0 fully saturated rings. The van der Waals surface area contributed by atoms with Crippen LogP contribution < -0.4 is 5.73 Å². The van der Waals surface area contributed by atoms with Crippen molar-refractivity contribution in [1.29, 1.82) is 0 Å². The molecule has 0 bridgehead atoms. The number of methoxy groups -OCH3 is 1. The van der Waals surface area contributed by atoms with E-state index in [2.05, 4.69) is 4.99 Å². The average molecular weight is 210 g/mol. The Bertz CT molecular complexity index is 364. The molecule has 0 atom stereocenters. The van der Waals surface area contributed by atoms with Crippen molar-refractivity contribution in [2.75, 3.05) is 20.3 Å². The van der Waals surface area contributed by atoms with Gasteiger partial charge in [0.2, 0.25) is 0 Å². The Morgan fingerprint density at radius 2 is 2.27 bits per heavy atom. The minimum absolute atomic E-state index is 0.233. The van der Waals surface area contributed by atoms with Gasteiger partial charge >= 0.3 is 0 Å². The lowest BCUT2D eigenvalue weighted by molar-refractivity contribution is 0.208. The Labute approximate surface area is 88.8 Å². The van der Waals surface area contributed by atoms with E-state index in [0.29, 0.717) is 24.6 Å². The summed E-state index contributed by atoms with van der Waals surface area (Å²) in [7, 11) is 1.60. The number of halogens is 1. The summed E-state index contributed by atoms with van der Waals surface area (Å²) in [5, 5.41) is 0. The zero-order chi connectivity index (χ0) is 11.3. The van der Waals surface area contributed by atoms with Crippen LogP contribution in [0.5, 0.6) is 0 Å². The maximum absolute atomic E-state index is 13.0. The molecule has 0 saturated carbocycles. The highest BCUT2D eigenvalue weighted by molar-refractivity contribution is 5.97. The SMILES string of the molecule is COCCN=C(N)c1ccc(F)c(C)c1. The number of amidine groups is 1.